The molecule has 23 heavy (non-hydrogen) atoms. The molecule has 1 aromatic heterocycles. The predicted octanol–water partition coefficient (Wildman–Crippen LogP) is 1.52. The molecule has 0 spiro atoms. The van der Waals surface area contributed by atoms with Crippen LogP contribution in [-0.4, -0.2) is 46.1 Å². The average molecular weight is 310 g/mol. The Kier molecular flexibility index (Phi) is 4.05. The number of aromatic nitrogens is 4. The van der Waals surface area contributed by atoms with Gasteiger partial charge in [0.15, 0.2) is 0 Å². The van der Waals surface area contributed by atoms with Gasteiger partial charge in [-0.1, -0.05) is 11.8 Å². The van der Waals surface area contributed by atoms with Gasteiger partial charge in [-0.05, 0) is 42.3 Å². The van der Waals surface area contributed by atoms with Crippen LogP contribution in [0.2, 0.25) is 0 Å². The molecule has 1 saturated carbocycles. The molecule has 4 rings (SSSR count). The van der Waals surface area contributed by atoms with Gasteiger partial charge in [-0.3, -0.25) is 0 Å². The van der Waals surface area contributed by atoms with E-state index in [0.717, 1.165) is 11.1 Å². The van der Waals surface area contributed by atoms with E-state index < -0.39 is 0 Å². The highest BCUT2D eigenvalue weighted by Gasteiger charge is 2.18. The van der Waals surface area contributed by atoms with Crippen LogP contribution in [0.5, 0.6) is 0 Å². The smallest absolute Gasteiger partial charge is 0.204 e. The third kappa shape index (κ3) is 3.76. The molecular formula is C17H18N4O2. The fourth-order valence-corrected chi connectivity index (χ4v) is 2.38. The van der Waals surface area contributed by atoms with Crippen molar-refractivity contribution < 1.29 is 9.47 Å². The molecule has 1 saturated heterocycles. The fraction of sp³-hybridized carbons (Fsp3) is 0.471. The molecule has 2 heterocycles. The van der Waals surface area contributed by atoms with Gasteiger partial charge in [0.1, 0.15) is 6.10 Å². The standard InChI is InChI=1S/C17H18N4O2/c1-2-13(1)3-4-14-5-7-15(8-6-14)17-18-20-21(19-17)11-16-12-22-9-10-23-16/h5-8,13,16H,1-2,9-12H2/t16-/m0/s1. The molecule has 1 atom stereocenters. The van der Waals surface area contributed by atoms with Crippen LogP contribution in [0.25, 0.3) is 11.4 Å². The first-order valence-electron chi connectivity index (χ1n) is 7.96. The first-order chi connectivity index (χ1) is 11.4. The number of nitrogens with zero attached hydrogens (tertiary/aromatic N) is 4. The minimum absolute atomic E-state index is 0.00845. The maximum absolute atomic E-state index is 5.59. The lowest BCUT2D eigenvalue weighted by molar-refractivity contribution is -0.0959. The van der Waals surface area contributed by atoms with E-state index in [1.807, 2.05) is 24.3 Å². The molecule has 2 aliphatic rings. The zero-order valence-electron chi connectivity index (χ0n) is 12.8. The Bertz CT molecular complexity index is 719. The summed E-state index contributed by atoms with van der Waals surface area (Å²) in [6.07, 6.45) is 2.48. The highest BCUT2D eigenvalue weighted by atomic mass is 16.6. The zero-order chi connectivity index (χ0) is 15.5. The van der Waals surface area contributed by atoms with Gasteiger partial charge in [-0.25, -0.2) is 0 Å². The van der Waals surface area contributed by atoms with Crippen LogP contribution in [-0.2, 0) is 16.0 Å². The number of rotatable bonds is 3. The molecule has 0 radical (unpaired) electrons. The van der Waals surface area contributed by atoms with Crippen LogP contribution in [0, 0.1) is 17.8 Å². The van der Waals surface area contributed by atoms with Crippen LogP contribution in [0.15, 0.2) is 24.3 Å². The second-order valence-electron chi connectivity index (χ2n) is 5.86. The summed E-state index contributed by atoms with van der Waals surface area (Å²) in [6, 6.07) is 7.98. The summed E-state index contributed by atoms with van der Waals surface area (Å²) < 4.78 is 11.0. The Hall–Kier alpha value is -2.23. The van der Waals surface area contributed by atoms with Crippen molar-refractivity contribution in [2.24, 2.45) is 5.92 Å². The lowest BCUT2D eigenvalue weighted by Crippen LogP contribution is -2.32. The molecule has 6 nitrogen and oxygen atoms in total. The number of tetrazole rings is 1. The quantitative estimate of drug-likeness (QED) is 0.804. The van der Waals surface area contributed by atoms with Gasteiger partial charge in [0.05, 0.1) is 26.4 Å². The highest BCUT2D eigenvalue weighted by Crippen LogP contribution is 2.27. The lowest BCUT2D eigenvalue weighted by atomic mass is 10.1. The monoisotopic (exact) mass is 310 g/mol. The molecule has 0 N–H and O–H groups in total. The number of hydrogen-bond acceptors (Lipinski definition) is 5. The molecule has 2 aromatic rings. The second-order valence-corrected chi connectivity index (χ2v) is 5.86. The molecule has 118 valence electrons. The van der Waals surface area contributed by atoms with Crippen molar-refractivity contribution in [3.63, 3.8) is 0 Å². The molecule has 1 aliphatic carbocycles. The highest BCUT2D eigenvalue weighted by molar-refractivity contribution is 5.55. The summed E-state index contributed by atoms with van der Waals surface area (Å²) in [6.45, 7) is 2.40. The third-order valence-corrected chi connectivity index (χ3v) is 3.85. The van der Waals surface area contributed by atoms with E-state index in [4.69, 9.17) is 9.47 Å². The number of hydrogen-bond donors (Lipinski definition) is 0. The van der Waals surface area contributed by atoms with Crippen molar-refractivity contribution in [1.82, 2.24) is 20.2 Å². The van der Waals surface area contributed by atoms with Gasteiger partial charge >= 0.3 is 0 Å². The van der Waals surface area contributed by atoms with Crippen molar-refractivity contribution in [3.05, 3.63) is 29.8 Å². The van der Waals surface area contributed by atoms with Crippen LogP contribution in [0.4, 0.5) is 0 Å². The Morgan fingerprint density at radius 1 is 1.17 bits per heavy atom. The van der Waals surface area contributed by atoms with Gasteiger partial charge in [-0.2, -0.15) is 4.80 Å². The summed E-state index contributed by atoms with van der Waals surface area (Å²) >= 11 is 0. The summed E-state index contributed by atoms with van der Waals surface area (Å²) in [5.74, 6) is 7.69. The minimum Gasteiger partial charge on any atom is -0.376 e. The van der Waals surface area contributed by atoms with Gasteiger partial charge in [-0.15, -0.1) is 10.2 Å². The lowest BCUT2D eigenvalue weighted by Gasteiger charge is -2.21. The maximum atomic E-state index is 5.59. The van der Waals surface area contributed by atoms with Crippen molar-refractivity contribution in [3.8, 4) is 23.2 Å². The van der Waals surface area contributed by atoms with E-state index in [1.54, 1.807) is 4.80 Å². The normalized spacial score (nSPS) is 20.8. The van der Waals surface area contributed by atoms with Gasteiger partial charge in [0, 0.05) is 17.0 Å². The van der Waals surface area contributed by atoms with Crippen molar-refractivity contribution in [1.29, 1.82) is 0 Å². The predicted molar refractivity (Wildman–Crippen MR) is 83.4 cm³/mol. The summed E-state index contributed by atoms with van der Waals surface area (Å²) in [5.41, 5.74) is 1.97. The van der Waals surface area contributed by atoms with Crippen molar-refractivity contribution in [2.75, 3.05) is 19.8 Å². The molecule has 0 amide bonds. The first kappa shape index (κ1) is 14.4. The summed E-state index contributed by atoms with van der Waals surface area (Å²) in [5, 5.41) is 12.6. The fourth-order valence-electron chi connectivity index (χ4n) is 2.38. The molecule has 0 unspecified atom stereocenters. The number of ether oxygens (including phenoxy) is 2. The van der Waals surface area contributed by atoms with E-state index in [0.29, 0.717) is 38.1 Å². The topological polar surface area (TPSA) is 62.1 Å². The molecule has 1 aromatic carbocycles. The average Bonchev–Trinajstić information content (AvgIpc) is 3.32. The molecule has 6 heteroatoms. The maximum Gasteiger partial charge on any atom is 0.204 e. The Morgan fingerprint density at radius 3 is 2.78 bits per heavy atom. The first-order valence-corrected chi connectivity index (χ1v) is 7.96. The van der Waals surface area contributed by atoms with Gasteiger partial charge in [0.25, 0.3) is 0 Å². The van der Waals surface area contributed by atoms with Gasteiger partial charge in [0.2, 0.25) is 5.82 Å². The Balaban J connectivity index is 1.42. The van der Waals surface area contributed by atoms with E-state index in [-0.39, 0.29) is 6.10 Å². The molecule has 1 aliphatic heterocycles. The third-order valence-electron chi connectivity index (χ3n) is 3.85. The van der Waals surface area contributed by atoms with E-state index in [1.165, 1.54) is 12.8 Å². The summed E-state index contributed by atoms with van der Waals surface area (Å²) in [4.78, 5) is 1.56. The molecule has 0 bridgehead atoms. The molecular weight excluding hydrogens is 292 g/mol. The van der Waals surface area contributed by atoms with E-state index >= 15 is 0 Å². The minimum atomic E-state index is -0.00845. The van der Waals surface area contributed by atoms with Crippen LogP contribution < -0.4 is 0 Å². The van der Waals surface area contributed by atoms with Crippen LogP contribution in [0.1, 0.15) is 18.4 Å². The van der Waals surface area contributed by atoms with Crippen molar-refractivity contribution >= 4 is 0 Å². The summed E-state index contributed by atoms with van der Waals surface area (Å²) in [7, 11) is 0. The van der Waals surface area contributed by atoms with E-state index in [9.17, 15) is 0 Å². The molecule has 2 fully saturated rings. The second kappa shape index (κ2) is 6.49. The van der Waals surface area contributed by atoms with E-state index in [2.05, 4.69) is 27.3 Å². The SMILES string of the molecule is C(#CC1CC1)c1ccc(-c2nnn(C[C@H]3COCCO3)n2)cc1. The Labute approximate surface area is 134 Å². The largest absolute Gasteiger partial charge is 0.376 e. The van der Waals surface area contributed by atoms with Crippen molar-refractivity contribution in [2.45, 2.75) is 25.5 Å². The Morgan fingerprint density at radius 2 is 2.04 bits per heavy atom. The zero-order valence-corrected chi connectivity index (χ0v) is 12.8. The van der Waals surface area contributed by atoms with Crippen LogP contribution in [0.3, 0.4) is 0 Å². The van der Waals surface area contributed by atoms with Gasteiger partial charge < -0.3 is 9.47 Å². The van der Waals surface area contributed by atoms with Crippen LogP contribution >= 0.6 is 0 Å². The number of benzene rings is 1.